The summed E-state index contributed by atoms with van der Waals surface area (Å²) in [5.74, 6) is 0.426. The van der Waals surface area contributed by atoms with Crippen LogP contribution in [0.5, 0.6) is 5.75 Å². The average molecular weight is 463 g/mol. The first-order valence-corrected chi connectivity index (χ1v) is 10.3. The number of halogens is 1. The van der Waals surface area contributed by atoms with Gasteiger partial charge in [-0.05, 0) is 58.1 Å². The molecular weight excluding hydrogens is 436 g/mol. The molecule has 156 valence electrons. The Hall–Kier alpha value is -2.38. The molecule has 0 saturated carbocycles. The topological polar surface area (TPSA) is 76.7 Å². The highest BCUT2D eigenvalue weighted by atomic mass is 79.9. The molecule has 29 heavy (non-hydrogen) atoms. The number of carbonyl (C=O) groups excluding carboxylic acids is 2. The van der Waals surface area contributed by atoms with Crippen molar-refractivity contribution in [3.8, 4) is 5.75 Å². The Kier molecular flexibility index (Phi) is 9.15. The minimum absolute atomic E-state index is 0.166. The number of nitrogens with one attached hydrogen (secondary N) is 2. The molecule has 6 nitrogen and oxygen atoms in total. The van der Waals surface area contributed by atoms with Gasteiger partial charge in [-0.15, -0.1) is 0 Å². The van der Waals surface area contributed by atoms with Crippen molar-refractivity contribution >= 4 is 33.4 Å². The summed E-state index contributed by atoms with van der Waals surface area (Å²) in [5, 5.41) is 5.48. The molecule has 1 atom stereocenters. The lowest BCUT2D eigenvalue weighted by Gasteiger charge is -2.14. The third-order valence-electron chi connectivity index (χ3n) is 4.53. The maximum absolute atomic E-state index is 12.4. The van der Waals surface area contributed by atoms with Crippen LogP contribution in [0.25, 0.3) is 0 Å². The fraction of sp³-hybridized carbons (Fsp3) is 0.364. The fourth-order valence-corrected chi connectivity index (χ4v) is 3.17. The third kappa shape index (κ3) is 6.87. The van der Waals surface area contributed by atoms with Crippen LogP contribution >= 0.6 is 15.9 Å². The van der Waals surface area contributed by atoms with Gasteiger partial charge in [0.1, 0.15) is 5.75 Å². The first-order valence-electron chi connectivity index (χ1n) is 9.54. The monoisotopic (exact) mass is 462 g/mol. The van der Waals surface area contributed by atoms with Crippen LogP contribution in [0.15, 0.2) is 46.9 Å². The summed E-state index contributed by atoms with van der Waals surface area (Å²) in [6.45, 7) is 4.95. The second-order valence-electron chi connectivity index (χ2n) is 6.63. The van der Waals surface area contributed by atoms with E-state index in [2.05, 4.69) is 40.4 Å². The maximum atomic E-state index is 12.4. The molecule has 0 heterocycles. The molecule has 0 fully saturated rings. The molecule has 0 aliphatic rings. The second-order valence-corrected chi connectivity index (χ2v) is 7.48. The van der Waals surface area contributed by atoms with Gasteiger partial charge in [-0.1, -0.05) is 32.0 Å². The molecule has 7 heteroatoms. The predicted octanol–water partition coefficient (Wildman–Crippen LogP) is 4.36. The van der Waals surface area contributed by atoms with Gasteiger partial charge in [-0.25, -0.2) is 0 Å². The highest BCUT2D eigenvalue weighted by Gasteiger charge is 2.14. The van der Waals surface area contributed by atoms with Crippen LogP contribution in [0.1, 0.15) is 42.1 Å². The summed E-state index contributed by atoms with van der Waals surface area (Å²) in [6, 6.07) is 12.7. The Labute approximate surface area is 180 Å². The standard InChI is InChI=1S/C22H27BrN2O4/c1-4-15(2)16-9-10-20(18(23)13-16)29-14-21(26)25-19-8-6-5-7-17(19)22(27)24-11-12-28-3/h5-10,13,15H,4,11-12,14H2,1-3H3,(H,24,27)(H,25,26). The van der Waals surface area contributed by atoms with Gasteiger partial charge in [0.05, 0.1) is 22.3 Å². The van der Waals surface area contributed by atoms with Gasteiger partial charge in [0.15, 0.2) is 6.61 Å². The highest BCUT2D eigenvalue weighted by Crippen LogP contribution is 2.30. The van der Waals surface area contributed by atoms with Crippen LogP contribution in [0.2, 0.25) is 0 Å². The van der Waals surface area contributed by atoms with Crippen molar-refractivity contribution in [2.24, 2.45) is 0 Å². The number of hydrogen-bond acceptors (Lipinski definition) is 4. The summed E-state index contributed by atoms with van der Waals surface area (Å²) < 4.78 is 11.4. The molecule has 2 amide bonds. The number of benzene rings is 2. The summed E-state index contributed by atoms with van der Waals surface area (Å²) in [4.78, 5) is 24.7. The molecule has 0 aliphatic carbocycles. The SMILES string of the molecule is CCC(C)c1ccc(OCC(=O)Nc2ccccc2C(=O)NCCOC)c(Br)c1. The van der Waals surface area contributed by atoms with Crippen molar-refractivity contribution in [3.63, 3.8) is 0 Å². The van der Waals surface area contributed by atoms with E-state index < -0.39 is 0 Å². The van der Waals surface area contributed by atoms with E-state index in [0.29, 0.717) is 36.1 Å². The van der Waals surface area contributed by atoms with Gasteiger partial charge >= 0.3 is 0 Å². The van der Waals surface area contributed by atoms with Crippen molar-refractivity contribution in [2.45, 2.75) is 26.2 Å². The summed E-state index contributed by atoms with van der Waals surface area (Å²) in [6.07, 6.45) is 1.05. The molecule has 2 aromatic rings. The fourth-order valence-electron chi connectivity index (χ4n) is 2.66. The molecule has 0 aromatic heterocycles. The van der Waals surface area contributed by atoms with Crippen LogP contribution in [0.3, 0.4) is 0 Å². The predicted molar refractivity (Wildman–Crippen MR) is 118 cm³/mol. The Morgan fingerprint density at radius 2 is 1.93 bits per heavy atom. The number of anilines is 1. The molecule has 2 rings (SSSR count). The van der Waals surface area contributed by atoms with Gasteiger partial charge in [0.2, 0.25) is 0 Å². The minimum Gasteiger partial charge on any atom is -0.483 e. The van der Waals surface area contributed by atoms with E-state index in [1.54, 1.807) is 31.4 Å². The van der Waals surface area contributed by atoms with Crippen molar-refractivity contribution in [1.82, 2.24) is 5.32 Å². The quantitative estimate of drug-likeness (QED) is 0.514. The Balaban J connectivity index is 1.97. The minimum atomic E-state index is -0.347. The first kappa shape index (κ1) is 22.9. The van der Waals surface area contributed by atoms with Crippen LogP contribution in [0, 0.1) is 0 Å². The number of hydrogen-bond donors (Lipinski definition) is 2. The van der Waals surface area contributed by atoms with Crippen molar-refractivity contribution < 1.29 is 19.1 Å². The molecule has 0 spiro atoms. The Morgan fingerprint density at radius 1 is 1.17 bits per heavy atom. The van der Waals surface area contributed by atoms with Crippen molar-refractivity contribution in [3.05, 3.63) is 58.1 Å². The third-order valence-corrected chi connectivity index (χ3v) is 5.15. The first-order chi connectivity index (χ1) is 14.0. The Bertz CT molecular complexity index is 841. The summed E-state index contributed by atoms with van der Waals surface area (Å²) >= 11 is 3.50. The molecule has 2 aromatic carbocycles. The van der Waals surface area contributed by atoms with Crippen molar-refractivity contribution in [2.75, 3.05) is 32.2 Å². The second kappa shape index (κ2) is 11.6. The number of carbonyl (C=O) groups is 2. The molecule has 0 aliphatic heterocycles. The lowest BCUT2D eigenvalue weighted by atomic mass is 9.99. The van der Waals surface area contributed by atoms with Crippen LogP contribution in [-0.2, 0) is 9.53 Å². The zero-order chi connectivity index (χ0) is 21.2. The summed E-state index contributed by atoms with van der Waals surface area (Å²) in [5.41, 5.74) is 2.03. The zero-order valence-corrected chi connectivity index (χ0v) is 18.5. The van der Waals surface area contributed by atoms with E-state index in [9.17, 15) is 9.59 Å². The highest BCUT2D eigenvalue weighted by molar-refractivity contribution is 9.10. The van der Waals surface area contributed by atoms with E-state index in [1.165, 1.54) is 5.56 Å². The molecular formula is C22H27BrN2O4. The van der Waals surface area contributed by atoms with E-state index in [4.69, 9.17) is 9.47 Å². The number of para-hydroxylation sites is 1. The van der Waals surface area contributed by atoms with E-state index >= 15 is 0 Å². The van der Waals surface area contributed by atoms with Crippen molar-refractivity contribution in [1.29, 1.82) is 0 Å². The Morgan fingerprint density at radius 3 is 2.62 bits per heavy atom. The van der Waals surface area contributed by atoms with E-state index in [0.717, 1.165) is 10.9 Å². The van der Waals surface area contributed by atoms with Gasteiger partial charge in [0, 0.05) is 13.7 Å². The van der Waals surface area contributed by atoms with Gasteiger partial charge in [-0.2, -0.15) is 0 Å². The molecule has 0 saturated heterocycles. The molecule has 2 N–H and O–H groups in total. The van der Waals surface area contributed by atoms with Gasteiger partial charge in [0.25, 0.3) is 11.8 Å². The molecule has 0 bridgehead atoms. The van der Waals surface area contributed by atoms with Crippen LogP contribution < -0.4 is 15.4 Å². The number of rotatable bonds is 10. The lowest BCUT2D eigenvalue weighted by Crippen LogP contribution is -2.29. The van der Waals surface area contributed by atoms with E-state index in [1.807, 2.05) is 18.2 Å². The number of methoxy groups -OCH3 is 1. The lowest BCUT2D eigenvalue weighted by molar-refractivity contribution is -0.118. The number of ether oxygens (including phenoxy) is 2. The molecule has 1 unspecified atom stereocenters. The maximum Gasteiger partial charge on any atom is 0.262 e. The van der Waals surface area contributed by atoms with Crippen LogP contribution in [0.4, 0.5) is 5.69 Å². The average Bonchev–Trinajstić information content (AvgIpc) is 2.72. The number of amides is 2. The normalized spacial score (nSPS) is 11.6. The smallest absolute Gasteiger partial charge is 0.262 e. The summed E-state index contributed by atoms with van der Waals surface area (Å²) in [7, 11) is 1.57. The molecule has 0 radical (unpaired) electrons. The largest absolute Gasteiger partial charge is 0.483 e. The zero-order valence-electron chi connectivity index (χ0n) is 17.0. The van der Waals surface area contributed by atoms with Crippen LogP contribution in [-0.4, -0.2) is 38.7 Å². The van der Waals surface area contributed by atoms with Gasteiger partial charge < -0.3 is 20.1 Å². The van der Waals surface area contributed by atoms with Gasteiger partial charge in [-0.3, -0.25) is 9.59 Å². The van der Waals surface area contributed by atoms with E-state index in [-0.39, 0.29) is 18.4 Å².